The second-order valence-electron chi connectivity index (χ2n) is 7.80. The van der Waals surface area contributed by atoms with Gasteiger partial charge in [-0.1, -0.05) is 52.0 Å². The highest BCUT2D eigenvalue weighted by molar-refractivity contribution is 5.76. The molecule has 130 valence electrons. The van der Waals surface area contributed by atoms with Crippen LogP contribution in [0.1, 0.15) is 71.9 Å². The van der Waals surface area contributed by atoms with Gasteiger partial charge in [0.15, 0.2) is 0 Å². The minimum Gasteiger partial charge on any atom is -0.336 e. The van der Waals surface area contributed by atoms with Gasteiger partial charge >= 0.3 is 0 Å². The zero-order valence-electron chi connectivity index (χ0n) is 15.9. The first-order valence-electron chi connectivity index (χ1n) is 9.16. The van der Waals surface area contributed by atoms with Crippen LogP contribution in [0.25, 0.3) is 0 Å². The van der Waals surface area contributed by atoms with E-state index in [1.807, 2.05) is 4.90 Å². The Hall–Kier alpha value is -1.31. The molecule has 0 saturated heterocycles. The molecule has 0 bridgehead atoms. The van der Waals surface area contributed by atoms with Crippen molar-refractivity contribution in [2.45, 2.75) is 79.8 Å². The van der Waals surface area contributed by atoms with Crippen molar-refractivity contribution in [1.29, 1.82) is 0 Å². The topological polar surface area (TPSA) is 20.3 Å². The van der Waals surface area contributed by atoms with Crippen molar-refractivity contribution < 1.29 is 4.79 Å². The molecule has 2 heteroatoms. The third kappa shape index (κ3) is 7.67. The summed E-state index contributed by atoms with van der Waals surface area (Å²) in [7, 11) is 0. The van der Waals surface area contributed by atoms with Crippen LogP contribution in [0.15, 0.2) is 24.3 Å². The van der Waals surface area contributed by atoms with Crippen LogP contribution >= 0.6 is 0 Å². The first kappa shape index (κ1) is 19.7. The van der Waals surface area contributed by atoms with E-state index in [0.717, 1.165) is 25.3 Å². The molecule has 0 unspecified atom stereocenters. The Morgan fingerprint density at radius 3 is 2.13 bits per heavy atom. The molecule has 0 aliphatic heterocycles. The predicted molar refractivity (Wildman–Crippen MR) is 99.4 cm³/mol. The Labute approximate surface area is 143 Å². The van der Waals surface area contributed by atoms with Crippen LogP contribution in [0.5, 0.6) is 0 Å². The molecule has 0 aromatic heterocycles. The standard InChI is InChI=1S/C21H35NO/c1-16(2)10-12-19-8-7-9-20(14-19)15-22(18(5)6)21(23)13-11-17(3)4/h7-9,14,16-18H,10-13,15H2,1-6H3. The lowest BCUT2D eigenvalue weighted by Gasteiger charge is -2.27. The van der Waals surface area contributed by atoms with Gasteiger partial charge < -0.3 is 4.90 Å². The van der Waals surface area contributed by atoms with Gasteiger partial charge in [-0.15, -0.1) is 0 Å². The van der Waals surface area contributed by atoms with E-state index in [4.69, 9.17) is 0 Å². The van der Waals surface area contributed by atoms with Crippen LogP contribution in [0.3, 0.4) is 0 Å². The second kappa shape index (κ2) is 9.75. The minimum absolute atomic E-state index is 0.244. The number of nitrogens with zero attached hydrogens (tertiary/aromatic N) is 1. The Balaban J connectivity index is 2.72. The third-order valence-electron chi connectivity index (χ3n) is 4.23. The largest absolute Gasteiger partial charge is 0.336 e. The number of hydrogen-bond acceptors (Lipinski definition) is 1. The van der Waals surface area contributed by atoms with Crippen LogP contribution in [0, 0.1) is 11.8 Å². The molecule has 1 aromatic rings. The van der Waals surface area contributed by atoms with Gasteiger partial charge in [-0.3, -0.25) is 4.79 Å². The molecule has 1 amide bonds. The lowest BCUT2D eigenvalue weighted by atomic mass is 10.0. The Morgan fingerprint density at radius 2 is 1.57 bits per heavy atom. The van der Waals surface area contributed by atoms with Gasteiger partial charge in [-0.25, -0.2) is 0 Å². The molecule has 0 aliphatic rings. The highest BCUT2D eigenvalue weighted by Gasteiger charge is 2.17. The number of carbonyl (C=O) groups excluding carboxylic acids is 1. The van der Waals surface area contributed by atoms with Crippen molar-refractivity contribution in [1.82, 2.24) is 4.90 Å². The van der Waals surface area contributed by atoms with Crippen molar-refractivity contribution >= 4 is 5.91 Å². The molecule has 0 radical (unpaired) electrons. The van der Waals surface area contributed by atoms with E-state index < -0.39 is 0 Å². The van der Waals surface area contributed by atoms with Crippen molar-refractivity contribution in [3.63, 3.8) is 0 Å². The zero-order chi connectivity index (χ0) is 17.4. The first-order chi connectivity index (χ1) is 10.8. The van der Waals surface area contributed by atoms with Crippen molar-refractivity contribution in [3.05, 3.63) is 35.4 Å². The fraction of sp³-hybridized carbons (Fsp3) is 0.667. The fourth-order valence-corrected chi connectivity index (χ4v) is 2.65. The summed E-state index contributed by atoms with van der Waals surface area (Å²) in [6.45, 7) is 13.8. The van der Waals surface area contributed by atoms with E-state index in [-0.39, 0.29) is 11.9 Å². The van der Waals surface area contributed by atoms with Gasteiger partial charge in [0.25, 0.3) is 0 Å². The van der Waals surface area contributed by atoms with E-state index in [1.165, 1.54) is 17.5 Å². The number of rotatable bonds is 9. The molecule has 0 aliphatic carbocycles. The summed E-state index contributed by atoms with van der Waals surface area (Å²) in [4.78, 5) is 14.5. The van der Waals surface area contributed by atoms with Crippen LogP contribution in [-0.2, 0) is 17.8 Å². The maximum absolute atomic E-state index is 12.5. The average molecular weight is 318 g/mol. The van der Waals surface area contributed by atoms with Crippen molar-refractivity contribution in [2.24, 2.45) is 11.8 Å². The molecular formula is C21H35NO. The van der Waals surface area contributed by atoms with Gasteiger partial charge in [-0.2, -0.15) is 0 Å². The quantitative estimate of drug-likeness (QED) is 0.593. The van der Waals surface area contributed by atoms with Crippen LogP contribution in [0.4, 0.5) is 0 Å². The fourth-order valence-electron chi connectivity index (χ4n) is 2.65. The molecular weight excluding hydrogens is 282 g/mol. The average Bonchev–Trinajstić information content (AvgIpc) is 2.48. The summed E-state index contributed by atoms with van der Waals surface area (Å²) >= 11 is 0. The van der Waals surface area contributed by atoms with E-state index in [0.29, 0.717) is 12.3 Å². The molecule has 0 atom stereocenters. The van der Waals surface area contributed by atoms with E-state index in [2.05, 4.69) is 65.8 Å². The van der Waals surface area contributed by atoms with Crippen molar-refractivity contribution in [2.75, 3.05) is 0 Å². The molecule has 1 aromatic carbocycles. The van der Waals surface area contributed by atoms with Crippen LogP contribution in [0.2, 0.25) is 0 Å². The number of amides is 1. The summed E-state index contributed by atoms with van der Waals surface area (Å²) in [5.41, 5.74) is 2.63. The number of carbonyl (C=O) groups is 1. The lowest BCUT2D eigenvalue weighted by molar-refractivity contribution is -0.133. The Morgan fingerprint density at radius 1 is 0.957 bits per heavy atom. The van der Waals surface area contributed by atoms with E-state index >= 15 is 0 Å². The smallest absolute Gasteiger partial charge is 0.223 e. The minimum atomic E-state index is 0.244. The molecule has 0 spiro atoms. The Kier molecular flexibility index (Phi) is 8.36. The molecule has 0 fully saturated rings. The summed E-state index contributed by atoms with van der Waals surface area (Å²) in [5.74, 6) is 1.58. The highest BCUT2D eigenvalue weighted by atomic mass is 16.2. The monoisotopic (exact) mass is 317 g/mol. The summed E-state index contributed by atoms with van der Waals surface area (Å²) < 4.78 is 0. The van der Waals surface area contributed by atoms with E-state index in [9.17, 15) is 4.79 Å². The summed E-state index contributed by atoms with van der Waals surface area (Å²) in [5, 5.41) is 0. The molecule has 1 rings (SSSR count). The zero-order valence-corrected chi connectivity index (χ0v) is 15.9. The SMILES string of the molecule is CC(C)CCC(=O)N(Cc1cccc(CCC(C)C)c1)C(C)C. The van der Waals surface area contributed by atoms with Gasteiger partial charge in [0, 0.05) is 19.0 Å². The number of aryl methyl sites for hydroxylation is 1. The lowest BCUT2D eigenvalue weighted by Crippen LogP contribution is -2.36. The highest BCUT2D eigenvalue weighted by Crippen LogP contribution is 2.16. The summed E-state index contributed by atoms with van der Waals surface area (Å²) in [6, 6.07) is 8.99. The number of hydrogen-bond donors (Lipinski definition) is 0. The molecule has 0 N–H and O–H groups in total. The first-order valence-corrected chi connectivity index (χ1v) is 9.16. The molecule has 23 heavy (non-hydrogen) atoms. The van der Waals surface area contributed by atoms with Gasteiger partial charge in [-0.05, 0) is 56.1 Å². The third-order valence-corrected chi connectivity index (χ3v) is 4.23. The molecule has 0 heterocycles. The van der Waals surface area contributed by atoms with Crippen LogP contribution < -0.4 is 0 Å². The van der Waals surface area contributed by atoms with Crippen molar-refractivity contribution in [3.8, 4) is 0 Å². The van der Waals surface area contributed by atoms with E-state index in [1.54, 1.807) is 0 Å². The van der Waals surface area contributed by atoms with Crippen LogP contribution in [-0.4, -0.2) is 16.8 Å². The van der Waals surface area contributed by atoms with Gasteiger partial charge in [0.2, 0.25) is 5.91 Å². The maximum Gasteiger partial charge on any atom is 0.223 e. The second-order valence-corrected chi connectivity index (χ2v) is 7.80. The van der Waals surface area contributed by atoms with Gasteiger partial charge in [0.05, 0.1) is 0 Å². The molecule has 0 saturated carbocycles. The summed E-state index contributed by atoms with van der Waals surface area (Å²) in [6.07, 6.45) is 3.96. The molecule has 2 nitrogen and oxygen atoms in total. The Bertz CT molecular complexity index is 476. The normalized spacial score (nSPS) is 11.5. The van der Waals surface area contributed by atoms with Gasteiger partial charge in [0.1, 0.15) is 0 Å². The predicted octanol–water partition coefficient (Wildman–Crippen LogP) is 5.45. The number of benzene rings is 1. The maximum atomic E-state index is 12.5.